The number of nitrogens with zero attached hydrogens (tertiary/aromatic N) is 1. The summed E-state index contributed by atoms with van der Waals surface area (Å²) in [7, 11) is 1.49. The first-order valence-corrected chi connectivity index (χ1v) is 11.0. The molecule has 7 nitrogen and oxygen atoms in total. The number of methoxy groups -OCH3 is 1. The number of furan rings is 1. The number of anilines is 1. The summed E-state index contributed by atoms with van der Waals surface area (Å²) in [6.45, 7) is 0.955. The van der Waals surface area contributed by atoms with Crippen molar-refractivity contribution in [2.24, 2.45) is 5.92 Å². The zero-order valence-electron chi connectivity index (χ0n) is 18.3. The van der Waals surface area contributed by atoms with Crippen molar-refractivity contribution in [3.8, 4) is 17.2 Å². The number of likely N-dealkylation sites (tertiary alicyclic amines) is 1. The second-order valence-corrected chi connectivity index (χ2v) is 8.25. The molecule has 0 aliphatic carbocycles. The van der Waals surface area contributed by atoms with E-state index in [4.69, 9.17) is 9.15 Å². The van der Waals surface area contributed by atoms with Gasteiger partial charge in [0.05, 0.1) is 13.0 Å². The lowest BCUT2D eigenvalue weighted by atomic mass is 9.96. The number of H-pyrrole nitrogens is 1. The van der Waals surface area contributed by atoms with Crippen molar-refractivity contribution in [3.05, 3.63) is 72.5 Å². The summed E-state index contributed by atoms with van der Waals surface area (Å²) in [4.78, 5) is 30.9. The van der Waals surface area contributed by atoms with E-state index in [-0.39, 0.29) is 23.5 Å². The van der Waals surface area contributed by atoms with E-state index < -0.39 is 0 Å². The van der Waals surface area contributed by atoms with E-state index in [2.05, 4.69) is 22.4 Å². The molecule has 3 heterocycles. The first-order chi connectivity index (χ1) is 16.1. The van der Waals surface area contributed by atoms with Crippen LogP contribution in [0.1, 0.15) is 23.4 Å². The van der Waals surface area contributed by atoms with Gasteiger partial charge in [-0.3, -0.25) is 9.59 Å². The average Bonchev–Trinajstić information content (AvgIpc) is 3.51. The molecule has 2 N–H and O–H groups in total. The van der Waals surface area contributed by atoms with Crippen molar-refractivity contribution in [1.82, 2.24) is 9.88 Å². The van der Waals surface area contributed by atoms with Crippen LogP contribution in [-0.2, 0) is 4.79 Å². The summed E-state index contributed by atoms with van der Waals surface area (Å²) in [6, 6.07) is 21.2. The number of carbonyl (C=O) groups excluding carboxylic acids is 2. The van der Waals surface area contributed by atoms with Gasteiger partial charge < -0.3 is 24.4 Å². The molecule has 0 bridgehead atoms. The van der Waals surface area contributed by atoms with Gasteiger partial charge in [0.2, 0.25) is 5.91 Å². The van der Waals surface area contributed by atoms with E-state index in [9.17, 15) is 9.59 Å². The lowest BCUT2D eigenvalue weighted by Crippen LogP contribution is -2.43. The first-order valence-electron chi connectivity index (χ1n) is 11.0. The van der Waals surface area contributed by atoms with E-state index >= 15 is 0 Å². The molecule has 168 valence electrons. The van der Waals surface area contributed by atoms with Gasteiger partial charge in [-0.05, 0) is 43.2 Å². The molecule has 1 saturated heterocycles. The maximum absolute atomic E-state index is 13.0. The molecule has 7 heteroatoms. The third-order valence-electron chi connectivity index (χ3n) is 6.04. The summed E-state index contributed by atoms with van der Waals surface area (Å²) in [6.07, 6.45) is 1.50. The minimum atomic E-state index is -0.281. The number of aromatic amines is 1. The van der Waals surface area contributed by atoms with Crippen molar-refractivity contribution in [2.75, 3.05) is 25.5 Å². The zero-order valence-corrected chi connectivity index (χ0v) is 18.3. The minimum Gasteiger partial charge on any atom is -0.468 e. The lowest BCUT2D eigenvalue weighted by molar-refractivity contribution is -0.121. The standard InChI is InChI=1S/C26H25N3O4/c1-32-24-12-11-23(33-24)26(31)29-13-5-8-19(16-29)25(30)27-20-9-4-7-17(14-20)22-15-18-6-2-3-10-21(18)28-22/h2-4,6-7,9-12,14-15,19,28H,5,8,13,16H2,1H3,(H,27,30)/t19-/m0/s1. The predicted octanol–water partition coefficient (Wildman–Crippen LogP) is 4.93. The molecule has 2 aromatic carbocycles. The fraction of sp³-hybridized carbons (Fsp3) is 0.231. The summed E-state index contributed by atoms with van der Waals surface area (Å²) in [5.74, 6) is -0.0790. The van der Waals surface area contributed by atoms with Gasteiger partial charge in [0.15, 0.2) is 5.76 Å². The average molecular weight is 444 g/mol. The molecule has 1 fully saturated rings. The Morgan fingerprint density at radius 3 is 2.79 bits per heavy atom. The molecule has 4 aromatic rings. The molecule has 1 aliphatic rings. The summed E-state index contributed by atoms with van der Waals surface area (Å²) < 4.78 is 10.4. The molecule has 0 spiro atoms. The van der Waals surface area contributed by atoms with Gasteiger partial charge in [-0.2, -0.15) is 0 Å². The lowest BCUT2D eigenvalue weighted by Gasteiger charge is -2.31. The number of benzene rings is 2. The van der Waals surface area contributed by atoms with E-state index in [0.717, 1.165) is 40.7 Å². The Labute approximate surface area is 191 Å². The first kappa shape index (κ1) is 20.9. The van der Waals surface area contributed by atoms with E-state index in [1.54, 1.807) is 17.0 Å². The number of aromatic nitrogens is 1. The fourth-order valence-electron chi connectivity index (χ4n) is 4.31. The number of hydrogen-bond donors (Lipinski definition) is 2. The summed E-state index contributed by atoms with van der Waals surface area (Å²) >= 11 is 0. The minimum absolute atomic E-state index is 0.0849. The van der Waals surface area contributed by atoms with Crippen molar-refractivity contribution < 1.29 is 18.7 Å². The van der Waals surface area contributed by atoms with Gasteiger partial charge in [-0.1, -0.05) is 30.3 Å². The topological polar surface area (TPSA) is 87.6 Å². The van der Waals surface area contributed by atoms with Gasteiger partial charge in [-0.15, -0.1) is 0 Å². The summed E-state index contributed by atoms with van der Waals surface area (Å²) in [5.41, 5.74) is 3.80. The maximum atomic E-state index is 13.0. The molecule has 0 radical (unpaired) electrons. The van der Waals surface area contributed by atoms with Crippen LogP contribution in [0.25, 0.3) is 22.2 Å². The van der Waals surface area contributed by atoms with Gasteiger partial charge in [0.1, 0.15) is 0 Å². The van der Waals surface area contributed by atoms with Crippen molar-refractivity contribution >= 4 is 28.4 Å². The highest BCUT2D eigenvalue weighted by Crippen LogP contribution is 2.27. The van der Waals surface area contributed by atoms with Gasteiger partial charge in [0, 0.05) is 47.0 Å². The number of fused-ring (bicyclic) bond motifs is 1. The second kappa shape index (κ2) is 8.86. The van der Waals surface area contributed by atoms with Crippen LogP contribution in [0.3, 0.4) is 0 Å². The highest BCUT2D eigenvalue weighted by atomic mass is 16.6. The van der Waals surface area contributed by atoms with Crippen molar-refractivity contribution in [1.29, 1.82) is 0 Å². The largest absolute Gasteiger partial charge is 0.468 e. The third kappa shape index (κ3) is 4.35. The van der Waals surface area contributed by atoms with Crippen LogP contribution < -0.4 is 10.1 Å². The molecule has 1 aliphatic heterocycles. The highest BCUT2D eigenvalue weighted by Gasteiger charge is 2.30. The Kier molecular flexibility index (Phi) is 5.60. The Morgan fingerprint density at radius 2 is 1.97 bits per heavy atom. The fourth-order valence-corrected chi connectivity index (χ4v) is 4.31. The summed E-state index contributed by atoms with van der Waals surface area (Å²) in [5, 5.41) is 4.18. The Hall–Kier alpha value is -4.00. The second-order valence-electron chi connectivity index (χ2n) is 8.25. The van der Waals surface area contributed by atoms with Gasteiger partial charge >= 0.3 is 0 Å². The number of para-hydroxylation sites is 1. The highest BCUT2D eigenvalue weighted by molar-refractivity contribution is 5.95. The monoisotopic (exact) mass is 443 g/mol. The van der Waals surface area contributed by atoms with Crippen LogP contribution in [0.15, 0.2) is 71.1 Å². The maximum Gasteiger partial charge on any atom is 0.289 e. The molecule has 2 amide bonds. The molecule has 5 rings (SSSR count). The molecule has 2 aromatic heterocycles. The van der Waals surface area contributed by atoms with Crippen molar-refractivity contribution in [3.63, 3.8) is 0 Å². The molecule has 0 saturated carbocycles. The SMILES string of the molecule is COc1ccc(C(=O)N2CCC[C@H](C(=O)Nc3cccc(-c4cc5ccccc5[nH]4)c3)C2)o1. The Morgan fingerprint density at radius 1 is 1.09 bits per heavy atom. The molecule has 1 atom stereocenters. The van der Waals surface area contributed by atoms with E-state index in [1.807, 2.05) is 42.5 Å². The van der Waals surface area contributed by atoms with Crippen LogP contribution >= 0.6 is 0 Å². The molecular formula is C26H25N3O4. The molecule has 0 unspecified atom stereocenters. The van der Waals surface area contributed by atoms with E-state index in [0.29, 0.717) is 19.0 Å². The third-order valence-corrected chi connectivity index (χ3v) is 6.04. The van der Waals surface area contributed by atoms with Crippen LogP contribution in [-0.4, -0.2) is 41.9 Å². The van der Waals surface area contributed by atoms with E-state index in [1.165, 1.54) is 7.11 Å². The number of hydrogen-bond acceptors (Lipinski definition) is 4. The number of amides is 2. The number of rotatable bonds is 5. The Bertz CT molecular complexity index is 1270. The van der Waals surface area contributed by atoms with Crippen molar-refractivity contribution in [2.45, 2.75) is 12.8 Å². The Balaban J connectivity index is 1.27. The van der Waals surface area contributed by atoms with Crippen LogP contribution in [0.4, 0.5) is 5.69 Å². The molecular weight excluding hydrogens is 418 g/mol. The quantitative estimate of drug-likeness (QED) is 0.458. The number of carbonyl (C=O) groups is 2. The van der Waals surface area contributed by atoms with Gasteiger partial charge in [-0.25, -0.2) is 0 Å². The normalized spacial score (nSPS) is 16.0. The smallest absolute Gasteiger partial charge is 0.289 e. The van der Waals surface area contributed by atoms with Crippen LogP contribution in [0, 0.1) is 5.92 Å². The number of ether oxygens (including phenoxy) is 1. The predicted molar refractivity (Wildman–Crippen MR) is 126 cm³/mol. The zero-order chi connectivity index (χ0) is 22.8. The van der Waals surface area contributed by atoms with Gasteiger partial charge in [0.25, 0.3) is 11.9 Å². The molecule has 33 heavy (non-hydrogen) atoms. The van der Waals surface area contributed by atoms with Crippen LogP contribution in [0.2, 0.25) is 0 Å². The number of nitrogens with one attached hydrogen (secondary N) is 2. The van der Waals surface area contributed by atoms with Crippen LogP contribution in [0.5, 0.6) is 5.95 Å². The number of piperidine rings is 1.